The Morgan fingerprint density at radius 1 is 1.00 bits per heavy atom. The van der Waals surface area contributed by atoms with Crippen molar-refractivity contribution >= 4 is 53.5 Å². The Kier molecular flexibility index (Phi) is 116. The van der Waals surface area contributed by atoms with Gasteiger partial charge < -0.3 is 0 Å². The Morgan fingerprint density at radius 2 is 1.00 bits per heavy atom. The molecule has 0 heterocycles. The van der Waals surface area contributed by atoms with Gasteiger partial charge in [-0.15, -0.1) is 0 Å². The molecule has 4 heavy (non-hydrogen) atoms. The van der Waals surface area contributed by atoms with E-state index in [0.717, 1.165) is 0 Å². The van der Waals surface area contributed by atoms with Crippen LogP contribution in [0.15, 0.2) is 0 Å². The zero-order valence-corrected chi connectivity index (χ0v) is 16.1. The van der Waals surface area contributed by atoms with Gasteiger partial charge in [0, 0.05) is 38.1 Å². The molecule has 0 bridgehead atoms. The second-order valence-corrected chi connectivity index (χ2v) is 0. The van der Waals surface area contributed by atoms with Gasteiger partial charge in [0.2, 0.25) is 0 Å². The molecule has 0 unspecified atom stereocenters. The maximum atomic E-state index is 0. The molecular weight excluding hydrogens is 576 g/mol. The van der Waals surface area contributed by atoms with E-state index in [1.165, 1.54) is 0 Å². The van der Waals surface area contributed by atoms with Crippen LogP contribution in [-0.4, -0.2) is 53.5 Å². The molecule has 0 aromatic carbocycles. The molecule has 31 valence electrons. The van der Waals surface area contributed by atoms with E-state index in [2.05, 4.69) is 0 Å². The Hall–Kier alpha value is 3.01. The van der Waals surface area contributed by atoms with Crippen LogP contribution in [-0.2, 0) is 38.1 Å². The predicted octanol–water partition coefficient (Wildman–Crippen LogP) is -2.11. The molecule has 3 radical (unpaired) electrons. The van der Waals surface area contributed by atoms with Crippen molar-refractivity contribution in [1.82, 2.24) is 0 Å². The van der Waals surface area contributed by atoms with Gasteiger partial charge in [-0.05, 0) is 0 Å². The first-order chi connectivity index (χ1) is 0. The van der Waals surface area contributed by atoms with Gasteiger partial charge in [0.05, 0.1) is 0 Å². The maximum absolute atomic E-state index is 0. The average molecular weight is 581 g/mol. The van der Waals surface area contributed by atoms with Crippen molar-refractivity contribution in [3.05, 3.63) is 0 Å². The van der Waals surface area contributed by atoms with Gasteiger partial charge in [-0.1, -0.05) is 0 Å². The minimum absolute atomic E-state index is 0. The minimum atomic E-state index is 0. The second kappa shape index (κ2) is 16.6. The van der Waals surface area contributed by atoms with Crippen LogP contribution in [0.25, 0.3) is 0 Å². The van der Waals surface area contributed by atoms with E-state index in [1.54, 1.807) is 0 Å². The molecule has 0 aliphatic heterocycles. The monoisotopic (exact) mass is 583 g/mol. The van der Waals surface area contributed by atoms with Crippen molar-refractivity contribution in [1.29, 1.82) is 0 Å². The van der Waals surface area contributed by atoms with Crippen molar-refractivity contribution in [2.75, 3.05) is 0 Å². The topological polar surface area (TPSA) is 0 Å². The number of hydrogen-bond donors (Lipinski definition) is 0. The van der Waals surface area contributed by atoms with Crippen LogP contribution in [0.5, 0.6) is 0 Å². The summed E-state index contributed by atoms with van der Waals surface area (Å²) in [5.74, 6) is 0. The first-order valence-corrected chi connectivity index (χ1v) is 0. The summed E-state index contributed by atoms with van der Waals surface area (Å²) in [5, 5.41) is 0. The summed E-state index contributed by atoms with van der Waals surface area (Å²) in [6.07, 6.45) is 0. The normalized spacial score (nSPS) is 0. The van der Waals surface area contributed by atoms with E-state index < -0.39 is 0 Å². The molecule has 0 saturated heterocycles. The van der Waals surface area contributed by atoms with E-state index >= 15 is 0 Å². The van der Waals surface area contributed by atoms with Crippen LogP contribution in [0.2, 0.25) is 0 Å². The SMILES string of the molecule is [BiH3].[Cu].[Mo].[PbH2]. The van der Waals surface area contributed by atoms with Gasteiger partial charge in [0.25, 0.3) is 0 Å². The Morgan fingerprint density at radius 3 is 1.00 bits per heavy atom. The Bertz CT molecular complexity index is 8.00. The molecule has 0 rings (SSSR count). The summed E-state index contributed by atoms with van der Waals surface area (Å²) >= 11 is 0. The van der Waals surface area contributed by atoms with E-state index in [-0.39, 0.29) is 91.6 Å². The fourth-order valence-electron chi connectivity index (χ4n) is 0. The number of hydrogen-bond acceptors (Lipinski definition) is 0. The van der Waals surface area contributed by atoms with Crippen molar-refractivity contribution < 1.29 is 38.1 Å². The van der Waals surface area contributed by atoms with Crippen LogP contribution >= 0.6 is 0 Å². The number of rotatable bonds is 0. The van der Waals surface area contributed by atoms with Gasteiger partial charge in [0.15, 0.2) is 0 Å². The van der Waals surface area contributed by atoms with Crippen LogP contribution in [0.4, 0.5) is 0 Å². The zero-order valence-electron chi connectivity index (χ0n) is 2.12. The van der Waals surface area contributed by atoms with Crippen LogP contribution in [0, 0.1) is 0 Å². The second-order valence-electron chi connectivity index (χ2n) is 0. The summed E-state index contributed by atoms with van der Waals surface area (Å²) < 4.78 is 0. The van der Waals surface area contributed by atoms with Gasteiger partial charge in [-0.3, -0.25) is 0 Å². The average Bonchev–Trinajstić information content (AvgIpc) is 0. The van der Waals surface area contributed by atoms with Crippen molar-refractivity contribution in [3.63, 3.8) is 0 Å². The molecule has 4 heteroatoms. The molecule has 0 N–H and O–H groups in total. The first kappa shape index (κ1) is 27.9. The fraction of sp³-hybridized carbons (Fsp3) is 0. The molecule has 0 amide bonds. The molecule has 0 fully saturated rings. The fourth-order valence-corrected chi connectivity index (χ4v) is 0. The van der Waals surface area contributed by atoms with Gasteiger partial charge >= 0.3 is 53.5 Å². The molecule has 0 atom stereocenters. The third-order valence-corrected chi connectivity index (χ3v) is 0. The molecule has 0 aromatic heterocycles. The van der Waals surface area contributed by atoms with E-state index in [0.29, 0.717) is 0 Å². The van der Waals surface area contributed by atoms with Gasteiger partial charge in [0.1, 0.15) is 0 Å². The van der Waals surface area contributed by atoms with E-state index in [9.17, 15) is 0 Å². The summed E-state index contributed by atoms with van der Waals surface area (Å²) in [7, 11) is 0. The quantitative estimate of drug-likeness (QED) is 0.288. The van der Waals surface area contributed by atoms with E-state index in [4.69, 9.17) is 0 Å². The predicted molar refractivity (Wildman–Crippen MR) is 18.5 cm³/mol. The standard InChI is InChI=1S/Bi.Cu.Mo.Pb.5H. The summed E-state index contributed by atoms with van der Waals surface area (Å²) in [6, 6.07) is 0. The molecule has 0 nitrogen and oxygen atoms in total. The first-order valence-electron chi connectivity index (χ1n) is 0. The molecule has 0 aromatic rings. The Balaban J connectivity index is 0. The van der Waals surface area contributed by atoms with Crippen molar-refractivity contribution in [2.45, 2.75) is 0 Å². The van der Waals surface area contributed by atoms with E-state index in [1.807, 2.05) is 0 Å². The third kappa shape index (κ3) is 8.89. The molecule has 0 spiro atoms. The van der Waals surface area contributed by atoms with Crippen molar-refractivity contribution in [2.24, 2.45) is 0 Å². The molecule has 0 aliphatic carbocycles. The molecule has 0 aliphatic rings. The molecular formula is H5BiCuMoPb. The van der Waals surface area contributed by atoms with Gasteiger partial charge in [-0.2, -0.15) is 0 Å². The van der Waals surface area contributed by atoms with Crippen LogP contribution in [0.1, 0.15) is 0 Å². The van der Waals surface area contributed by atoms with Crippen LogP contribution in [0.3, 0.4) is 0 Å². The summed E-state index contributed by atoms with van der Waals surface area (Å²) in [4.78, 5) is 0. The summed E-state index contributed by atoms with van der Waals surface area (Å²) in [6.45, 7) is 0. The van der Waals surface area contributed by atoms with Gasteiger partial charge in [-0.25, -0.2) is 0 Å². The van der Waals surface area contributed by atoms with Crippen LogP contribution < -0.4 is 0 Å². The third-order valence-electron chi connectivity index (χ3n) is 0. The Labute approximate surface area is 89.9 Å². The summed E-state index contributed by atoms with van der Waals surface area (Å²) in [5.41, 5.74) is 0. The zero-order chi connectivity index (χ0) is 0. The van der Waals surface area contributed by atoms with Crippen molar-refractivity contribution in [3.8, 4) is 0 Å². The molecule has 0 saturated carbocycles.